The molecule has 100 valence electrons. The Hall–Kier alpha value is -1.20. The van der Waals surface area contributed by atoms with Crippen molar-refractivity contribution in [2.24, 2.45) is 0 Å². The fraction of sp³-hybridized carbons (Fsp3) is 0.357. The molecule has 0 bridgehead atoms. The van der Waals surface area contributed by atoms with E-state index in [0.717, 1.165) is 22.1 Å². The summed E-state index contributed by atoms with van der Waals surface area (Å²) in [6.07, 6.45) is 0.989. The summed E-state index contributed by atoms with van der Waals surface area (Å²) in [6, 6.07) is 7.84. The number of carbonyl (C=O) groups is 1. The van der Waals surface area contributed by atoms with E-state index >= 15 is 0 Å². The van der Waals surface area contributed by atoms with Crippen LogP contribution in [-0.4, -0.2) is 20.4 Å². The maximum absolute atomic E-state index is 12.3. The van der Waals surface area contributed by atoms with Gasteiger partial charge in [-0.3, -0.25) is 4.79 Å². The first-order valence-corrected chi connectivity index (χ1v) is 7.85. The lowest BCUT2D eigenvalue weighted by Crippen LogP contribution is -2.13. The van der Waals surface area contributed by atoms with Crippen molar-refractivity contribution >= 4 is 29.1 Å². The lowest BCUT2D eigenvalue weighted by Gasteiger charge is -2.08. The molecule has 19 heavy (non-hydrogen) atoms. The summed E-state index contributed by atoms with van der Waals surface area (Å²) in [4.78, 5) is 16.6. The summed E-state index contributed by atoms with van der Waals surface area (Å²) in [6.45, 7) is 5.88. The van der Waals surface area contributed by atoms with Gasteiger partial charge in [-0.15, -0.1) is 0 Å². The summed E-state index contributed by atoms with van der Waals surface area (Å²) in [5, 5.41) is -0.139. The molecule has 1 atom stereocenters. The van der Waals surface area contributed by atoms with Gasteiger partial charge >= 0.3 is 0 Å². The Morgan fingerprint density at radius 3 is 2.58 bits per heavy atom. The van der Waals surface area contributed by atoms with Crippen LogP contribution in [-0.2, 0) is 6.42 Å². The maximum atomic E-state index is 12.3. The number of benzene rings is 1. The monoisotopic (exact) mass is 292 g/mol. The standard InChI is InChI=1S/C14H16N2OS2/c1-4-11-5-7-12(8-6-11)13(17)9(2)18-14-15-10(3)16-19-14/h5-9H,4H2,1-3H3. The lowest BCUT2D eigenvalue weighted by atomic mass is 10.1. The maximum Gasteiger partial charge on any atom is 0.175 e. The van der Waals surface area contributed by atoms with Gasteiger partial charge in [0.25, 0.3) is 0 Å². The predicted octanol–water partition coefficient (Wildman–Crippen LogP) is 3.77. The molecule has 1 heterocycles. The normalized spacial score (nSPS) is 12.4. The molecule has 5 heteroatoms. The van der Waals surface area contributed by atoms with E-state index < -0.39 is 0 Å². The molecule has 0 amide bonds. The highest BCUT2D eigenvalue weighted by molar-refractivity contribution is 8.02. The van der Waals surface area contributed by atoms with Crippen molar-refractivity contribution in [1.29, 1.82) is 0 Å². The number of aryl methyl sites for hydroxylation is 2. The van der Waals surface area contributed by atoms with Crippen molar-refractivity contribution in [3.05, 3.63) is 41.2 Å². The largest absolute Gasteiger partial charge is 0.293 e. The zero-order valence-electron chi connectivity index (χ0n) is 11.2. The minimum Gasteiger partial charge on any atom is -0.293 e. The number of carbonyl (C=O) groups excluding carboxylic acids is 1. The van der Waals surface area contributed by atoms with Gasteiger partial charge in [0.2, 0.25) is 0 Å². The second kappa shape index (κ2) is 6.30. The quantitative estimate of drug-likeness (QED) is 0.621. The fourth-order valence-electron chi connectivity index (χ4n) is 1.67. The molecule has 0 fully saturated rings. The minimum absolute atomic E-state index is 0.139. The number of rotatable bonds is 5. The Kier molecular flexibility index (Phi) is 4.71. The first-order valence-electron chi connectivity index (χ1n) is 6.20. The summed E-state index contributed by atoms with van der Waals surface area (Å²) < 4.78 is 4.97. The van der Waals surface area contributed by atoms with Crippen molar-refractivity contribution in [1.82, 2.24) is 9.36 Å². The van der Waals surface area contributed by atoms with Gasteiger partial charge in [0.15, 0.2) is 10.1 Å². The van der Waals surface area contributed by atoms with Gasteiger partial charge in [-0.05, 0) is 37.4 Å². The van der Waals surface area contributed by atoms with Gasteiger partial charge in [0, 0.05) is 5.56 Å². The van der Waals surface area contributed by atoms with Gasteiger partial charge in [-0.2, -0.15) is 4.37 Å². The van der Waals surface area contributed by atoms with E-state index in [9.17, 15) is 4.79 Å². The number of thioether (sulfide) groups is 1. The van der Waals surface area contributed by atoms with Crippen LogP contribution in [0.1, 0.15) is 35.6 Å². The third-order valence-electron chi connectivity index (χ3n) is 2.80. The van der Waals surface area contributed by atoms with E-state index in [1.165, 1.54) is 28.9 Å². The van der Waals surface area contributed by atoms with Gasteiger partial charge in [-0.1, -0.05) is 43.0 Å². The van der Waals surface area contributed by atoms with Crippen LogP contribution in [0.4, 0.5) is 0 Å². The van der Waals surface area contributed by atoms with Crippen molar-refractivity contribution in [2.75, 3.05) is 0 Å². The topological polar surface area (TPSA) is 42.9 Å². The molecular weight excluding hydrogens is 276 g/mol. The number of ketones is 1. The SMILES string of the molecule is CCc1ccc(C(=O)C(C)Sc2nc(C)ns2)cc1. The van der Waals surface area contributed by atoms with Crippen LogP contribution in [0.15, 0.2) is 28.6 Å². The number of hydrogen-bond acceptors (Lipinski definition) is 5. The zero-order valence-corrected chi connectivity index (χ0v) is 12.8. The van der Waals surface area contributed by atoms with Gasteiger partial charge in [-0.25, -0.2) is 4.98 Å². The van der Waals surface area contributed by atoms with Crippen LogP contribution in [0.25, 0.3) is 0 Å². The molecule has 2 rings (SSSR count). The van der Waals surface area contributed by atoms with E-state index in [1.54, 1.807) is 0 Å². The summed E-state index contributed by atoms with van der Waals surface area (Å²) in [5.74, 6) is 0.903. The van der Waals surface area contributed by atoms with E-state index in [2.05, 4.69) is 16.3 Å². The summed E-state index contributed by atoms with van der Waals surface area (Å²) in [7, 11) is 0. The fourth-order valence-corrected chi connectivity index (χ4v) is 3.54. The van der Waals surface area contributed by atoms with Gasteiger partial charge in [0.1, 0.15) is 5.82 Å². The van der Waals surface area contributed by atoms with E-state index in [-0.39, 0.29) is 11.0 Å². The molecule has 0 saturated heterocycles. The first kappa shape index (κ1) is 14.2. The number of hydrogen-bond donors (Lipinski definition) is 0. The third-order valence-corrected chi connectivity index (χ3v) is 4.78. The number of Topliss-reactive ketones (excluding diaryl/α,β-unsaturated/α-hetero) is 1. The molecule has 3 nitrogen and oxygen atoms in total. The zero-order chi connectivity index (χ0) is 13.8. The van der Waals surface area contributed by atoms with E-state index in [1.807, 2.05) is 38.1 Å². The number of aromatic nitrogens is 2. The molecule has 1 unspecified atom stereocenters. The van der Waals surface area contributed by atoms with Gasteiger partial charge < -0.3 is 0 Å². The molecule has 1 aromatic carbocycles. The van der Waals surface area contributed by atoms with Crippen molar-refractivity contribution in [3.8, 4) is 0 Å². The van der Waals surface area contributed by atoms with Crippen molar-refractivity contribution < 1.29 is 4.79 Å². The molecular formula is C14H16N2OS2. The molecule has 0 aliphatic rings. The second-order valence-corrected chi connectivity index (χ2v) is 6.62. The van der Waals surface area contributed by atoms with Crippen molar-refractivity contribution in [3.63, 3.8) is 0 Å². The average Bonchev–Trinajstić information content (AvgIpc) is 2.83. The highest BCUT2D eigenvalue weighted by Crippen LogP contribution is 2.27. The Morgan fingerprint density at radius 2 is 2.05 bits per heavy atom. The van der Waals surface area contributed by atoms with Crippen LogP contribution >= 0.6 is 23.3 Å². The smallest absolute Gasteiger partial charge is 0.175 e. The Balaban J connectivity index is 2.05. The Labute approximate surface area is 121 Å². The first-order chi connectivity index (χ1) is 9.10. The Bertz CT molecular complexity index is 563. The molecule has 0 spiro atoms. The van der Waals surface area contributed by atoms with Crippen LogP contribution in [0.5, 0.6) is 0 Å². The molecule has 0 aliphatic heterocycles. The molecule has 0 radical (unpaired) electrons. The molecule has 0 aliphatic carbocycles. The second-order valence-electron chi connectivity index (χ2n) is 4.28. The number of nitrogens with zero attached hydrogens (tertiary/aromatic N) is 2. The van der Waals surface area contributed by atoms with Crippen LogP contribution < -0.4 is 0 Å². The minimum atomic E-state index is -0.139. The summed E-state index contributed by atoms with van der Waals surface area (Å²) >= 11 is 2.82. The molecule has 0 saturated carbocycles. The van der Waals surface area contributed by atoms with E-state index in [4.69, 9.17) is 0 Å². The highest BCUT2D eigenvalue weighted by Gasteiger charge is 2.18. The lowest BCUT2D eigenvalue weighted by molar-refractivity contribution is 0.0994. The average molecular weight is 292 g/mol. The molecule has 2 aromatic rings. The van der Waals surface area contributed by atoms with Crippen LogP contribution in [0, 0.1) is 6.92 Å². The van der Waals surface area contributed by atoms with Gasteiger partial charge in [0.05, 0.1) is 5.25 Å². The molecule has 0 N–H and O–H groups in total. The third kappa shape index (κ3) is 3.64. The predicted molar refractivity (Wildman–Crippen MR) is 80.1 cm³/mol. The Morgan fingerprint density at radius 1 is 1.37 bits per heavy atom. The highest BCUT2D eigenvalue weighted by atomic mass is 32.2. The van der Waals surface area contributed by atoms with Crippen molar-refractivity contribution in [2.45, 2.75) is 36.8 Å². The van der Waals surface area contributed by atoms with Crippen LogP contribution in [0.3, 0.4) is 0 Å². The van der Waals surface area contributed by atoms with E-state index in [0.29, 0.717) is 0 Å². The summed E-state index contributed by atoms with van der Waals surface area (Å²) in [5.41, 5.74) is 2.01. The molecule has 1 aromatic heterocycles. The van der Waals surface area contributed by atoms with Crippen LogP contribution in [0.2, 0.25) is 0 Å².